The normalized spacial score (nSPS) is 10.1. The highest BCUT2D eigenvalue weighted by Gasteiger charge is 2.10. The van der Waals surface area contributed by atoms with E-state index in [0.717, 1.165) is 8.04 Å². The third kappa shape index (κ3) is 3.61. The van der Waals surface area contributed by atoms with Crippen LogP contribution in [0.4, 0.5) is 11.5 Å². The van der Waals surface area contributed by atoms with Crippen LogP contribution in [0.2, 0.25) is 0 Å². The number of hydrazine groups is 1. The van der Waals surface area contributed by atoms with Crippen molar-refractivity contribution in [1.82, 2.24) is 10.2 Å². The molecule has 0 aliphatic rings. The Balaban J connectivity index is 2.18. The number of nitrogen functional groups attached to an aromatic ring is 1. The second kappa shape index (κ2) is 6.26. The van der Waals surface area contributed by atoms with Crippen LogP contribution in [-0.2, 0) is 0 Å². The Morgan fingerprint density at radius 1 is 1.26 bits per heavy atom. The van der Waals surface area contributed by atoms with Gasteiger partial charge in [-0.15, -0.1) is 10.2 Å². The lowest BCUT2D eigenvalue weighted by Gasteiger charge is -2.07. The molecule has 1 amide bonds. The maximum Gasteiger partial charge on any atom is 0.276 e. The molecule has 1 heterocycles. The highest BCUT2D eigenvalue weighted by Crippen LogP contribution is 2.24. The Hall–Kier alpha value is -1.26. The SMILES string of the molecule is NNc1ccc(C(=O)Nc2cc(I)ccc2Br)nn1. The Bertz CT molecular complexity index is 605. The molecule has 2 aromatic rings. The van der Waals surface area contributed by atoms with Gasteiger partial charge in [0, 0.05) is 8.04 Å². The van der Waals surface area contributed by atoms with Gasteiger partial charge in [-0.1, -0.05) is 0 Å². The van der Waals surface area contributed by atoms with Crippen LogP contribution >= 0.6 is 38.5 Å². The molecule has 0 atom stereocenters. The lowest BCUT2D eigenvalue weighted by atomic mass is 10.3. The number of nitrogens with zero attached hydrogens (tertiary/aromatic N) is 2. The van der Waals surface area contributed by atoms with E-state index >= 15 is 0 Å². The highest BCUT2D eigenvalue weighted by molar-refractivity contribution is 14.1. The Morgan fingerprint density at radius 2 is 2.05 bits per heavy atom. The molecule has 0 radical (unpaired) electrons. The molecule has 2 rings (SSSR count). The fraction of sp³-hybridized carbons (Fsp3) is 0. The molecule has 0 bridgehead atoms. The third-order valence-corrected chi connectivity index (χ3v) is 3.58. The molecular formula is C11H9BrIN5O. The van der Waals surface area contributed by atoms with E-state index in [4.69, 9.17) is 5.84 Å². The Morgan fingerprint density at radius 3 is 2.68 bits per heavy atom. The van der Waals surface area contributed by atoms with Crippen LogP contribution in [-0.4, -0.2) is 16.1 Å². The van der Waals surface area contributed by atoms with E-state index in [-0.39, 0.29) is 11.6 Å². The van der Waals surface area contributed by atoms with Crippen LogP contribution in [0.3, 0.4) is 0 Å². The number of halogens is 2. The molecule has 0 aliphatic carbocycles. The summed E-state index contributed by atoms with van der Waals surface area (Å²) in [6.07, 6.45) is 0. The van der Waals surface area contributed by atoms with Crippen molar-refractivity contribution in [2.24, 2.45) is 5.84 Å². The van der Waals surface area contributed by atoms with Crippen molar-refractivity contribution < 1.29 is 4.79 Å². The van der Waals surface area contributed by atoms with Crippen molar-refractivity contribution in [2.45, 2.75) is 0 Å². The van der Waals surface area contributed by atoms with Gasteiger partial charge in [-0.2, -0.15) is 0 Å². The predicted octanol–water partition coefficient (Wildman–Crippen LogP) is 2.38. The van der Waals surface area contributed by atoms with Gasteiger partial charge in [0.05, 0.1) is 5.69 Å². The summed E-state index contributed by atoms with van der Waals surface area (Å²) >= 11 is 5.54. The minimum atomic E-state index is -0.334. The van der Waals surface area contributed by atoms with Crippen LogP contribution in [0.25, 0.3) is 0 Å². The van der Waals surface area contributed by atoms with E-state index in [1.807, 2.05) is 18.2 Å². The number of carbonyl (C=O) groups is 1. The molecule has 0 spiro atoms. The van der Waals surface area contributed by atoms with Gasteiger partial charge >= 0.3 is 0 Å². The molecular weight excluding hydrogens is 425 g/mol. The Kier molecular flexibility index (Phi) is 4.66. The maximum atomic E-state index is 12.0. The first-order valence-corrected chi connectivity index (χ1v) is 7.04. The molecule has 0 saturated carbocycles. The van der Waals surface area contributed by atoms with Gasteiger partial charge < -0.3 is 10.7 Å². The van der Waals surface area contributed by atoms with E-state index in [0.29, 0.717) is 11.5 Å². The maximum absolute atomic E-state index is 12.0. The summed E-state index contributed by atoms with van der Waals surface area (Å²) in [6, 6.07) is 8.77. The van der Waals surface area contributed by atoms with Gasteiger partial charge in [0.25, 0.3) is 5.91 Å². The number of aromatic nitrogens is 2. The molecule has 1 aromatic heterocycles. The summed E-state index contributed by atoms with van der Waals surface area (Å²) in [5.41, 5.74) is 3.24. The van der Waals surface area contributed by atoms with Crippen molar-refractivity contribution in [3.05, 3.63) is 44.1 Å². The molecule has 8 heteroatoms. The molecule has 0 fully saturated rings. The van der Waals surface area contributed by atoms with Crippen LogP contribution in [0.1, 0.15) is 10.5 Å². The number of hydrogen-bond acceptors (Lipinski definition) is 5. The first kappa shape index (κ1) is 14.2. The molecule has 6 nitrogen and oxygen atoms in total. The first-order chi connectivity index (χ1) is 9.10. The minimum Gasteiger partial charge on any atom is -0.320 e. The Labute approximate surface area is 131 Å². The van der Waals surface area contributed by atoms with Gasteiger partial charge in [0.15, 0.2) is 11.5 Å². The fourth-order valence-electron chi connectivity index (χ4n) is 1.31. The van der Waals surface area contributed by atoms with Crippen LogP contribution in [0.15, 0.2) is 34.8 Å². The van der Waals surface area contributed by atoms with Gasteiger partial charge in [-0.3, -0.25) is 4.79 Å². The smallest absolute Gasteiger partial charge is 0.276 e. The zero-order valence-electron chi connectivity index (χ0n) is 9.52. The van der Waals surface area contributed by atoms with Gasteiger partial charge in [-0.05, 0) is 68.9 Å². The standard InChI is InChI=1S/C11H9BrIN5O/c12-7-2-1-6(13)5-9(7)15-11(19)8-3-4-10(16-14)18-17-8/h1-5H,14H2,(H,15,19)(H,16,18). The average Bonchev–Trinajstić information content (AvgIpc) is 2.43. The summed E-state index contributed by atoms with van der Waals surface area (Å²) in [7, 11) is 0. The lowest BCUT2D eigenvalue weighted by molar-refractivity contribution is 0.102. The summed E-state index contributed by atoms with van der Waals surface area (Å²) in [4.78, 5) is 12.0. The number of amides is 1. The molecule has 0 saturated heterocycles. The molecule has 98 valence electrons. The molecule has 0 aliphatic heterocycles. The molecule has 4 N–H and O–H groups in total. The van der Waals surface area contributed by atoms with Crippen LogP contribution in [0.5, 0.6) is 0 Å². The molecule has 19 heavy (non-hydrogen) atoms. The van der Waals surface area contributed by atoms with Crippen LogP contribution < -0.4 is 16.6 Å². The van der Waals surface area contributed by atoms with Gasteiger partial charge in [0.1, 0.15) is 0 Å². The fourth-order valence-corrected chi connectivity index (χ4v) is 2.15. The number of nitrogens with two attached hydrogens (primary N) is 1. The van der Waals surface area contributed by atoms with E-state index < -0.39 is 0 Å². The molecule has 1 aromatic carbocycles. The largest absolute Gasteiger partial charge is 0.320 e. The minimum absolute atomic E-state index is 0.213. The number of anilines is 2. The van der Waals surface area contributed by atoms with E-state index in [2.05, 4.69) is 59.5 Å². The zero-order valence-corrected chi connectivity index (χ0v) is 13.3. The average molecular weight is 434 g/mol. The number of benzene rings is 1. The number of carbonyl (C=O) groups excluding carboxylic acids is 1. The molecule has 0 unspecified atom stereocenters. The third-order valence-electron chi connectivity index (χ3n) is 2.22. The highest BCUT2D eigenvalue weighted by atomic mass is 127. The number of hydrogen-bond donors (Lipinski definition) is 3. The van der Waals surface area contributed by atoms with E-state index in [9.17, 15) is 4.79 Å². The van der Waals surface area contributed by atoms with Crippen molar-refractivity contribution in [2.75, 3.05) is 10.7 Å². The summed E-state index contributed by atoms with van der Waals surface area (Å²) < 4.78 is 1.82. The zero-order chi connectivity index (χ0) is 13.8. The monoisotopic (exact) mass is 433 g/mol. The second-order valence-electron chi connectivity index (χ2n) is 3.53. The second-order valence-corrected chi connectivity index (χ2v) is 5.63. The quantitative estimate of drug-likeness (QED) is 0.392. The first-order valence-electron chi connectivity index (χ1n) is 5.17. The summed E-state index contributed by atoms with van der Waals surface area (Å²) in [5, 5.41) is 10.3. The van der Waals surface area contributed by atoms with E-state index in [1.165, 1.54) is 0 Å². The van der Waals surface area contributed by atoms with Crippen molar-refractivity contribution >= 4 is 55.9 Å². The van der Waals surface area contributed by atoms with Gasteiger partial charge in [-0.25, -0.2) is 5.84 Å². The lowest BCUT2D eigenvalue weighted by Crippen LogP contribution is -2.16. The van der Waals surface area contributed by atoms with E-state index in [1.54, 1.807) is 12.1 Å². The van der Waals surface area contributed by atoms with Crippen molar-refractivity contribution in [3.63, 3.8) is 0 Å². The summed E-state index contributed by atoms with van der Waals surface area (Å²) in [5.74, 6) is 5.24. The predicted molar refractivity (Wildman–Crippen MR) is 84.7 cm³/mol. The summed E-state index contributed by atoms with van der Waals surface area (Å²) in [6.45, 7) is 0. The van der Waals surface area contributed by atoms with Gasteiger partial charge in [0.2, 0.25) is 0 Å². The topological polar surface area (TPSA) is 92.9 Å². The van der Waals surface area contributed by atoms with Crippen LogP contribution in [0, 0.1) is 3.57 Å². The number of rotatable bonds is 3. The van der Waals surface area contributed by atoms with Crippen molar-refractivity contribution in [3.8, 4) is 0 Å². The number of nitrogens with one attached hydrogen (secondary N) is 2. The van der Waals surface area contributed by atoms with Crippen molar-refractivity contribution in [1.29, 1.82) is 0 Å².